The molecule has 0 saturated heterocycles. The minimum absolute atomic E-state index is 0.229. The lowest BCUT2D eigenvalue weighted by Gasteiger charge is -2.32. The zero-order valence-corrected chi connectivity index (χ0v) is 9.60. The van der Waals surface area contributed by atoms with Gasteiger partial charge < -0.3 is 19.9 Å². The Bertz CT molecular complexity index is 339. The van der Waals surface area contributed by atoms with Crippen molar-refractivity contribution in [2.75, 3.05) is 14.2 Å². The Morgan fingerprint density at radius 3 is 1.94 bits per heavy atom. The molecule has 0 bridgehead atoms. The van der Waals surface area contributed by atoms with E-state index in [4.69, 9.17) is 19.9 Å². The Balaban J connectivity index is 2.07. The second kappa shape index (κ2) is 4.61. The van der Waals surface area contributed by atoms with Gasteiger partial charge in [0, 0.05) is 24.2 Å². The van der Waals surface area contributed by atoms with Gasteiger partial charge in [0.25, 0.3) is 0 Å². The minimum atomic E-state index is 0.229. The molecule has 2 N–H and O–H groups in total. The van der Waals surface area contributed by atoms with Gasteiger partial charge in [0.1, 0.15) is 23.4 Å². The highest BCUT2D eigenvalue weighted by atomic mass is 16.5. The van der Waals surface area contributed by atoms with Gasteiger partial charge in [0.05, 0.1) is 14.2 Å². The quantitative estimate of drug-likeness (QED) is 0.841. The molecule has 1 aromatic carbocycles. The van der Waals surface area contributed by atoms with E-state index >= 15 is 0 Å². The number of rotatable bonds is 4. The molecule has 2 rings (SSSR count). The standard InChI is InChI=1S/C12H17NO3/c1-14-9-5-10(15-2)7-12(6-9)16-11-3-8(13)4-11/h5-8,11H,3-4,13H2,1-2H3. The highest BCUT2D eigenvalue weighted by Crippen LogP contribution is 2.31. The zero-order chi connectivity index (χ0) is 11.5. The lowest BCUT2D eigenvalue weighted by molar-refractivity contribution is 0.100. The largest absolute Gasteiger partial charge is 0.496 e. The molecule has 0 aromatic heterocycles. The van der Waals surface area contributed by atoms with Gasteiger partial charge in [-0.2, -0.15) is 0 Å². The van der Waals surface area contributed by atoms with Crippen LogP contribution >= 0.6 is 0 Å². The van der Waals surface area contributed by atoms with Gasteiger partial charge in [-0.15, -0.1) is 0 Å². The van der Waals surface area contributed by atoms with E-state index in [0.717, 1.165) is 30.1 Å². The molecule has 0 atom stereocenters. The molecule has 4 nitrogen and oxygen atoms in total. The summed E-state index contributed by atoms with van der Waals surface area (Å²) < 4.78 is 16.1. The molecule has 1 fully saturated rings. The Kier molecular flexibility index (Phi) is 3.19. The summed E-state index contributed by atoms with van der Waals surface area (Å²) in [5.74, 6) is 2.24. The van der Waals surface area contributed by atoms with Crippen molar-refractivity contribution in [2.24, 2.45) is 5.73 Å². The third-order valence-corrected chi connectivity index (χ3v) is 2.76. The van der Waals surface area contributed by atoms with Crippen LogP contribution < -0.4 is 19.9 Å². The summed E-state index contributed by atoms with van der Waals surface area (Å²) in [7, 11) is 3.25. The Labute approximate surface area is 95.3 Å². The maximum absolute atomic E-state index is 5.77. The first kappa shape index (κ1) is 11.1. The highest BCUT2D eigenvalue weighted by molar-refractivity contribution is 5.42. The number of benzene rings is 1. The van der Waals surface area contributed by atoms with Crippen LogP contribution in [0.3, 0.4) is 0 Å². The fourth-order valence-electron chi connectivity index (χ4n) is 1.74. The van der Waals surface area contributed by atoms with Crippen LogP contribution in [0.15, 0.2) is 18.2 Å². The van der Waals surface area contributed by atoms with E-state index in [2.05, 4.69) is 0 Å². The monoisotopic (exact) mass is 223 g/mol. The van der Waals surface area contributed by atoms with Crippen LogP contribution in [0.5, 0.6) is 17.2 Å². The zero-order valence-electron chi connectivity index (χ0n) is 9.60. The van der Waals surface area contributed by atoms with E-state index in [1.807, 2.05) is 18.2 Å². The van der Waals surface area contributed by atoms with E-state index < -0.39 is 0 Å². The number of ether oxygens (including phenoxy) is 3. The van der Waals surface area contributed by atoms with Gasteiger partial charge >= 0.3 is 0 Å². The van der Waals surface area contributed by atoms with Gasteiger partial charge in [-0.1, -0.05) is 0 Å². The molecule has 1 aromatic rings. The lowest BCUT2D eigenvalue weighted by atomic mass is 9.90. The summed E-state index contributed by atoms with van der Waals surface area (Å²) in [4.78, 5) is 0. The molecule has 0 heterocycles. The number of hydrogen-bond donors (Lipinski definition) is 1. The molecule has 4 heteroatoms. The minimum Gasteiger partial charge on any atom is -0.496 e. The average molecular weight is 223 g/mol. The molecule has 1 aliphatic carbocycles. The third kappa shape index (κ3) is 2.39. The fraction of sp³-hybridized carbons (Fsp3) is 0.500. The summed E-state index contributed by atoms with van der Waals surface area (Å²) in [6, 6.07) is 5.82. The van der Waals surface area contributed by atoms with E-state index in [0.29, 0.717) is 0 Å². The molecule has 1 saturated carbocycles. The lowest BCUT2D eigenvalue weighted by Crippen LogP contribution is -2.43. The van der Waals surface area contributed by atoms with Crippen LogP contribution in [0.4, 0.5) is 0 Å². The van der Waals surface area contributed by atoms with E-state index in [1.165, 1.54) is 0 Å². The topological polar surface area (TPSA) is 53.7 Å². The highest BCUT2D eigenvalue weighted by Gasteiger charge is 2.27. The molecular weight excluding hydrogens is 206 g/mol. The first-order valence-electron chi connectivity index (χ1n) is 5.36. The van der Waals surface area contributed by atoms with Gasteiger partial charge in [-0.25, -0.2) is 0 Å². The molecular formula is C12H17NO3. The van der Waals surface area contributed by atoms with Crippen molar-refractivity contribution in [3.63, 3.8) is 0 Å². The third-order valence-electron chi connectivity index (χ3n) is 2.76. The predicted molar refractivity (Wildman–Crippen MR) is 61.2 cm³/mol. The van der Waals surface area contributed by atoms with Gasteiger partial charge in [-0.3, -0.25) is 0 Å². The average Bonchev–Trinajstić information content (AvgIpc) is 2.26. The molecule has 0 radical (unpaired) electrons. The van der Waals surface area contributed by atoms with Crippen LogP contribution in [-0.2, 0) is 0 Å². The Hall–Kier alpha value is -1.42. The molecule has 0 aliphatic heterocycles. The summed E-state index contributed by atoms with van der Waals surface area (Å²) >= 11 is 0. The van der Waals surface area contributed by atoms with Crippen LogP contribution in [0.25, 0.3) is 0 Å². The SMILES string of the molecule is COc1cc(OC)cc(OC2CC(N)C2)c1. The van der Waals surface area contributed by atoms with Crippen molar-refractivity contribution in [2.45, 2.75) is 25.0 Å². The van der Waals surface area contributed by atoms with Crippen molar-refractivity contribution in [3.05, 3.63) is 18.2 Å². The van der Waals surface area contributed by atoms with Crippen LogP contribution in [0, 0.1) is 0 Å². The molecule has 1 aliphatic rings. The maximum atomic E-state index is 5.77. The summed E-state index contributed by atoms with van der Waals surface area (Å²) in [5.41, 5.74) is 5.71. The van der Waals surface area contributed by atoms with Crippen molar-refractivity contribution in [3.8, 4) is 17.2 Å². The Morgan fingerprint density at radius 1 is 1.00 bits per heavy atom. The van der Waals surface area contributed by atoms with Crippen LogP contribution in [0.2, 0.25) is 0 Å². The van der Waals surface area contributed by atoms with Crippen molar-refractivity contribution in [1.29, 1.82) is 0 Å². The first-order chi connectivity index (χ1) is 7.71. The summed E-state index contributed by atoms with van der Waals surface area (Å²) in [6.45, 7) is 0. The second-order valence-electron chi connectivity index (χ2n) is 4.02. The van der Waals surface area contributed by atoms with E-state index in [-0.39, 0.29) is 12.1 Å². The number of hydrogen-bond acceptors (Lipinski definition) is 4. The van der Waals surface area contributed by atoms with Crippen molar-refractivity contribution >= 4 is 0 Å². The first-order valence-corrected chi connectivity index (χ1v) is 5.36. The maximum Gasteiger partial charge on any atom is 0.127 e. The smallest absolute Gasteiger partial charge is 0.127 e. The number of nitrogens with two attached hydrogens (primary N) is 1. The summed E-state index contributed by atoms with van der Waals surface area (Å²) in [5, 5.41) is 0. The van der Waals surface area contributed by atoms with E-state index in [1.54, 1.807) is 14.2 Å². The van der Waals surface area contributed by atoms with Crippen LogP contribution in [0.1, 0.15) is 12.8 Å². The molecule has 0 amide bonds. The Morgan fingerprint density at radius 2 is 1.50 bits per heavy atom. The van der Waals surface area contributed by atoms with E-state index in [9.17, 15) is 0 Å². The van der Waals surface area contributed by atoms with Gasteiger partial charge in [0.2, 0.25) is 0 Å². The number of methoxy groups -OCH3 is 2. The van der Waals surface area contributed by atoms with Crippen molar-refractivity contribution in [1.82, 2.24) is 0 Å². The predicted octanol–water partition coefficient (Wildman–Crippen LogP) is 1.57. The molecule has 0 unspecified atom stereocenters. The van der Waals surface area contributed by atoms with Gasteiger partial charge in [0.15, 0.2) is 0 Å². The fourth-order valence-corrected chi connectivity index (χ4v) is 1.74. The van der Waals surface area contributed by atoms with Crippen molar-refractivity contribution < 1.29 is 14.2 Å². The summed E-state index contributed by atoms with van der Waals surface area (Å²) in [6.07, 6.45) is 2.06. The molecule has 88 valence electrons. The molecule has 16 heavy (non-hydrogen) atoms. The van der Waals surface area contributed by atoms with Crippen LogP contribution in [-0.4, -0.2) is 26.4 Å². The normalized spacial score (nSPS) is 23.4. The molecule has 0 spiro atoms. The second-order valence-corrected chi connectivity index (χ2v) is 4.02. The van der Waals surface area contributed by atoms with Gasteiger partial charge in [-0.05, 0) is 12.8 Å².